The molecular formula is C23H26N6O. The fourth-order valence-corrected chi connectivity index (χ4v) is 3.78. The highest BCUT2D eigenvalue weighted by atomic mass is 16.5. The van der Waals surface area contributed by atoms with E-state index in [1.165, 1.54) is 0 Å². The molecule has 0 amide bonds. The van der Waals surface area contributed by atoms with Gasteiger partial charge < -0.3 is 9.64 Å². The smallest absolute Gasteiger partial charge is 0.231 e. The lowest BCUT2D eigenvalue weighted by Crippen LogP contribution is -2.23. The van der Waals surface area contributed by atoms with Crippen LogP contribution >= 0.6 is 0 Å². The maximum absolute atomic E-state index is 6.02. The summed E-state index contributed by atoms with van der Waals surface area (Å²) >= 11 is 0. The fraction of sp³-hybridized carbons (Fsp3) is 0.391. The number of hydrogen-bond donors (Lipinski definition) is 0. The summed E-state index contributed by atoms with van der Waals surface area (Å²) in [6, 6.07) is 11.8. The summed E-state index contributed by atoms with van der Waals surface area (Å²) in [5.74, 6) is 2.00. The monoisotopic (exact) mass is 402 g/mol. The van der Waals surface area contributed by atoms with E-state index in [0.29, 0.717) is 18.4 Å². The van der Waals surface area contributed by atoms with Gasteiger partial charge in [0.25, 0.3) is 0 Å². The van der Waals surface area contributed by atoms with E-state index in [9.17, 15) is 0 Å². The van der Waals surface area contributed by atoms with Gasteiger partial charge in [-0.15, -0.1) is 5.10 Å². The van der Waals surface area contributed by atoms with Crippen molar-refractivity contribution in [2.75, 3.05) is 24.6 Å². The van der Waals surface area contributed by atoms with E-state index in [2.05, 4.69) is 40.7 Å². The highest BCUT2D eigenvalue weighted by Gasteiger charge is 2.25. The molecule has 7 heteroatoms. The van der Waals surface area contributed by atoms with Crippen LogP contribution in [0.15, 0.2) is 48.8 Å². The topological polar surface area (TPSA) is 68.4 Å². The Morgan fingerprint density at radius 1 is 1.07 bits per heavy atom. The van der Waals surface area contributed by atoms with E-state index in [0.717, 1.165) is 47.7 Å². The molecule has 4 aromatic rings. The lowest BCUT2D eigenvalue weighted by Gasteiger charge is -2.17. The molecule has 0 N–H and O–H groups in total. The molecule has 1 saturated heterocycles. The summed E-state index contributed by atoms with van der Waals surface area (Å²) in [6.07, 6.45) is 4.92. The largest absolute Gasteiger partial charge is 0.476 e. The summed E-state index contributed by atoms with van der Waals surface area (Å²) in [5.41, 5.74) is 3.72. The summed E-state index contributed by atoms with van der Waals surface area (Å²) in [7, 11) is 0. The standard InChI is InChI=1S/C23H26N6O/c1-23(2,3)19-14-29-20(26-19)8-9-22(27-29)30-15-16-10-11-28(13-16)21-12-24-17-6-4-5-7-18(17)25-21/h4-9,12,14,16H,10-11,13,15H2,1-3H3. The molecule has 7 nitrogen and oxygen atoms in total. The first-order valence-corrected chi connectivity index (χ1v) is 10.4. The first-order chi connectivity index (χ1) is 14.5. The van der Waals surface area contributed by atoms with Crippen LogP contribution in [0.5, 0.6) is 5.88 Å². The molecule has 0 aliphatic carbocycles. The van der Waals surface area contributed by atoms with Gasteiger partial charge in [-0.05, 0) is 24.6 Å². The van der Waals surface area contributed by atoms with Gasteiger partial charge in [0.15, 0.2) is 5.65 Å². The van der Waals surface area contributed by atoms with E-state index in [-0.39, 0.29) is 5.41 Å². The van der Waals surface area contributed by atoms with Crippen LogP contribution in [0.4, 0.5) is 5.82 Å². The number of para-hydroxylation sites is 2. The molecule has 3 aromatic heterocycles. The number of fused-ring (bicyclic) bond motifs is 2. The van der Waals surface area contributed by atoms with E-state index < -0.39 is 0 Å². The average molecular weight is 403 g/mol. The SMILES string of the molecule is CC(C)(C)c1cn2nc(OCC3CCN(c4cnc5ccccc5n4)C3)ccc2n1. The van der Waals surface area contributed by atoms with Crippen molar-refractivity contribution in [2.45, 2.75) is 32.6 Å². The van der Waals surface area contributed by atoms with Crippen molar-refractivity contribution in [3.05, 3.63) is 54.5 Å². The van der Waals surface area contributed by atoms with Crippen LogP contribution in [0.3, 0.4) is 0 Å². The van der Waals surface area contributed by atoms with Crippen LogP contribution < -0.4 is 9.64 Å². The number of benzene rings is 1. The summed E-state index contributed by atoms with van der Waals surface area (Å²) < 4.78 is 7.83. The zero-order valence-corrected chi connectivity index (χ0v) is 17.6. The summed E-state index contributed by atoms with van der Waals surface area (Å²) in [6.45, 7) is 8.96. The number of nitrogens with zero attached hydrogens (tertiary/aromatic N) is 6. The predicted molar refractivity (Wildman–Crippen MR) is 117 cm³/mol. The number of ether oxygens (including phenoxy) is 1. The Morgan fingerprint density at radius 2 is 1.90 bits per heavy atom. The minimum Gasteiger partial charge on any atom is -0.476 e. The summed E-state index contributed by atoms with van der Waals surface area (Å²) in [4.78, 5) is 16.2. The lowest BCUT2D eigenvalue weighted by molar-refractivity contribution is 0.249. The molecule has 1 aliphatic rings. The Morgan fingerprint density at radius 3 is 2.73 bits per heavy atom. The van der Waals surface area contributed by atoms with Gasteiger partial charge in [0.2, 0.25) is 5.88 Å². The molecule has 30 heavy (non-hydrogen) atoms. The van der Waals surface area contributed by atoms with Crippen molar-refractivity contribution in [3.8, 4) is 5.88 Å². The average Bonchev–Trinajstić information content (AvgIpc) is 3.38. The number of hydrogen-bond acceptors (Lipinski definition) is 6. The quantitative estimate of drug-likeness (QED) is 0.516. The number of rotatable bonds is 4. The molecule has 1 atom stereocenters. The van der Waals surface area contributed by atoms with Gasteiger partial charge in [-0.2, -0.15) is 0 Å². The minimum atomic E-state index is -0.00627. The molecule has 0 radical (unpaired) electrons. The van der Waals surface area contributed by atoms with Gasteiger partial charge >= 0.3 is 0 Å². The molecule has 4 heterocycles. The molecular weight excluding hydrogens is 376 g/mol. The van der Waals surface area contributed by atoms with Gasteiger partial charge in [0, 0.05) is 30.5 Å². The Kier molecular flexibility index (Phi) is 4.53. The molecule has 1 aromatic carbocycles. The number of imidazole rings is 1. The van der Waals surface area contributed by atoms with E-state index in [4.69, 9.17) is 9.72 Å². The van der Waals surface area contributed by atoms with E-state index in [1.807, 2.05) is 53.3 Å². The zero-order valence-electron chi connectivity index (χ0n) is 17.6. The second-order valence-electron chi connectivity index (χ2n) is 8.98. The Balaban J connectivity index is 1.23. The number of anilines is 1. The predicted octanol–water partition coefficient (Wildman–Crippen LogP) is 3.88. The Hall–Kier alpha value is -3.22. The van der Waals surface area contributed by atoms with Gasteiger partial charge in [0.1, 0.15) is 5.82 Å². The molecule has 0 bridgehead atoms. The first kappa shape index (κ1) is 18.8. The molecule has 1 fully saturated rings. The maximum atomic E-state index is 6.02. The van der Waals surface area contributed by atoms with E-state index >= 15 is 0 Å². The zero-order chi connectivity index (χ0) is 20.7. The first-order valence-electron chi connectivity index (χ1n) is 10.4. The molecule has 154 valence electrons. The van der Waals surface area contributed by atoms with Crippen LogP contribution in [0.2, 0.25) is 0 Å². The molecule has 1 unspecified atom stereocenters. The summed E-state index contributed by atoms with van der Waals surface area (Å²) in [5, 5.41) is 4.58. The molecule has 1 aliphatic heterocycles. The van der Waals surface area contributed by atoms with Crippen molar-refractivity contribution in [1.29, 1.82) is 0 Å². The molecule has 0 spiro atoms. The minimum absolute atomic E-state index is 0.00627. The normalized spacial score (nSPS) is 17.2. The second-order valence-corrected chi connectivity index (χ2v) is 8.98. The van der Waals surface area contributed by atoms with Crippen LogP contribution in [0.1, 0.15) is 32.9 Å². The fourth-order valence-electron chi connectivity index (χ4n) is 3.78. The lowest BCUT2D eigenvalue weighted by atomic mass is 9.93. The number of aromatic nitrogens is 5. The Bertz CT molecular complexity index is 1200. The van der Waals surface area contributed by atoms with Crippen molar-refractivity contribution in [2.24, 2.45) is 5.92 Å². The van der Waals surface area contributed by atoms with Crippen molar-refractivity contribution >= 4 is 22.5 Å². The highest BCUT2D eigenvalue weighted by Crippen LogP contribution is 2.25. The third-order valence-corrected chi connectivity index (χ3v) is 5.58. The van der Waals surface area contributed by atoms with E-state index in [1.54, 1.807) is 0 Å². The maximum Gasteiger partial charge on any atom is 0.231 e. The van der Waals surface area contributed by atoms with Crippen molar-refractivity contribution < 1.29 is 4.74 Å². The van der Waals surface area contributed by atoms with Crippen LogP contribution in [-0.2, 0) is 5.41 Å². The van der Waals surface area contributed by atoms with Gasteiger partial charge in [-0.1, -0.05) is 32.9 Å². The highest BCUT2D eigenvalue weighted by molar-refractivity contribution is 5.75. The van der Waals surface area contributed by atoms with Crippen LogP contribution in [0, 0.1) is 5.92 Å². The third-order valence-electron chi connectivity index (χ3n) is 5.58. The molecule has 5 rings (SSSR count). The van der Waals surface area contributed by atoms with Crippen molar-refractivity contribution in [1.82, 2.24) is 24.6 Å². The van der Waals surface area contributed by atoms with Crippen molar-refractivity contribution in [3.63, 3.8) is 0 Å². The van der Waals surface area contributed by atoms with Gasteiger partial charge in [-0.3, -0.25) is 4.98 Å². The van der Waals surface area contributed by atoms with Crippen LogP contribution in [0.25, 0.3) is 16.7 Å². The Labute approximate surface area is 175 Å². The molecule has 0 saturated carbocycles. The van der Waals surface area contributed by atoms with Gasteiger partial charge in [0.05, 0.1) is 35.7 Å². The van der Waals surface area contributed by atoms with Crippen LogP contribution in [-0.4, -0.2) is 44.3 Å². The second kappa shape index (κ2) is 7.23. The van der Waals surface area contributed by atoms with Gasteiger partial charge in [-0.25, -0.2) is 14.5 Å². The third kappa shape index (κ3) is 3.67.